The number of hydrogen-bond donors (Lipinski definition) is 3. The first-order chi connectivity index (χ1) is 16.2. The summed E-state index contributed by atoms with van der Waals surface area (Å²) in [6.07, 6.45) is 1.75. The first-order valence-corrected chi connectivity index (χ1v) is 12.7. The molecule has 0 bridgehead atoms. The van der Waals surface area contributed by atoms with Gasteiger partial charge in [-0.3, -0.25) is 14.9 Å². The second kappa shape index (κ2) is 9.69. The van der Waals surface area contributed by atoms with Gasteiger partial charge in [-0.25, -0.2) is 8.42 Å². The third-order valence-electron chi connectivity index (χ3n) is 6.13. The molecule has 0 saturated heterocycles. The minimum atomic E-state index is -3.69. The Morgan fingerprint density at radius 1 is 1.09 bits per heavy atom. The van der Waals surface area contributed by atoms with Crippen LogP contribution in [-0.2, 0) is 21.2 Å². The summed E-state index contributed by atoms with van der Waals surface area (Å²) in [5.41, 5.74) is 9.44. The van der Waals surface area contributed by atoms with Crippen LogP contribution in [0.15, 0.2) is 77.7 Å². The maximum Gasteiger partial charge on any atom is 0.261 e. The molecule has 3 aromatic rings. The van der Waals surface area contributed by atoms with Crippen molar-refractivity contribution in [1.29, 1.82) is 5.41 Å². The van der Waals surface area contributed by atoms with E-state index >= 15 is 0 Å². The molecular weight excluding hydrogens is 448 g/mol. The van der Waals surface area contributed by atoms with Gasteiger partial charge in [0.05, 0.1) is 4.90 Å². The van der Waals surface area contributed by atoms with Crippen LogP contribution in [-0.4, -0.2) is 26.7 Å². The molecule has 4 N–H and O–H groups in total. The lowest BCUT2D eigenvalue weighted by Gasteiger charge is -2.33. The smallest absolute Gasteiger partial charge is 0.261 e. The number of nitrogens with zero attached hydrogens (tertiary/aromatic N) is 1. The van der Waals surface area contributed by atoms with E-state index in [1.165, 1.54) is 0 Å². The molecule has 176 valence electrons. The predicted molar refractivity (Wildman–Crippen MR) is 135 cm³/mol. The van der Waals surface area contributed by atoms with Gasteiger partial charge in [-0.05, 0) is 60.2 Å². The molecule has 0 spiro atoms. The standard InChI is InChI=1S/C26H28N4O3S/c1-18-15-16-30(25(31)14-9-19-7-10-20(11-8-19)26(27)28)24-13-12-21(17-23(18)24)29-34(32,33)22-5-3-2-4-6-22/h2-8,10-13,17-18,29H,9,14-16H2,1H3,(H3,27,28). The molecule has 1 amide bonds. The van der Waals surface area contributed by atoms with Gasteiger partial charge < -0.3 is 10.6 Å². The number of carbonyl (C=O) groups excluding carboxylic acids is 1. The van der Waals surface area contributed by atoms with Gasteiger partial charge in [0.15, 0.2) is 0 Å². The number of sulfonamides is 1. The van der Waals surface area contributed by atoms with Gasteiger partial charge in [0.1, 0.15) is 5.84 Å². The Morgan fingerprint density at radius 2 is 1.79 bits per heavy atom. The predicted octanol–water partition coefficient (Wildman–Crippen LogP) is 4.24. The van der Waals surface area contributed by atoms with E-state index < -0.39 is 10.0 Å². The summed E-state index contributed by atoms with van der Waals surface area (Å²) in [6.45, 7) is 2.72. The van der Waals surface area contributed by atoms with Gasteiger partial charge >= 0.3 is 0 Å². The lowest BCUT2D eigenvalue weighted by Crippen LogP contribution is -2.36. The minimum absolute atomic E-state index is 0.0205. The highest BCUT2D eigenvalue weighted by molar-refractivity contribution is 7.92. The zero-order valence-corrected chi connectivity index (χ0v) is 19.8. The number of anilines is 2. The van der Waals surface area contributed by atoms with Crippen LogP contribution in [0.2, 0.25) is 0 Å². The fraction of sp³-hybridized carbons (Fsp3) is 0.231. The molecule has 1 aliphatic heterocycles. The van der Waals surface area contributed by atoms with Crippen molar-refractivity contribution in [3.8, 4) is 0 Å². The summed E-state index contributed by atoms with van der Waals surface area (Å²) >= 11 is 0. The summed E-state index contributed by atoms with van der Waals surface area (Å²) in [4.78, 5) is 15.1. The van der Waals surface area contributed by atoms with Crippen LogP contribution in [0, 0.1) is 5.41 Å². The van der Waals surface area contributed by atoms with Crippen molar-refractivity contribution in [3.05, 3.63) is 89.5 Å². The third-order valence-corrected chi connectivity index (χ3v) is 7.53. The summed E-state index contributed by atoms with van der Waals surface area (Å²) in [5, 5.41) is 7.48. The zero-order chi connectivity index (χ0) is 24.3. The highest BCUT2D eigenvalue weighted by Crippen LogP contribution is 2.37. The summed E-state index contributed by atoms with van der Waals surface area (Å²) in [5.74, 6) is 0.257. The van der Waals surface area contributed by atoms with Crippen molar-refractivity contribution in [3.63, 3.8) is 0 Å². The van der Waals surface area contributed by atoms with Crippen molar-refractivity contribution in [2.75, 3.05) is 16.2 Å². The van der Waals surface area contributed by atoms with Gasteiger partial charge in [0, 0.05) is 29.9 Å². The minimum Gasteiger partial charge on any atom is -0.384 e. The number of hydrogen-bond acceptors (Lipinski definition) is 4. The van der Waals surface area contributed by atoms with Crippen molar-refractivity contribution in [1.82, 2.24) is 0 Å². The van der Waals surface area contributed by atoms with E-state index in [0.29, 0.717) is 30.6 Å². The van der Waals surface area contributed by atoms with Crippen LogP contribution >= 0.6 is 0 Å². The zero-order valence-electron chi connectivity index (χ0n) is 19.0. The lowest BCUT2D eigenvalue weighted by molar-refractivity contribution is -0.118. The van der Waals surface area contributed by atoms with Gasteiger partial charge in [-0.15, -0.1) is 0 Å². The number of nitrogens with one attached hydrogen (secondary N) is 2. The maximum absolute atomic E-state index is 13.1. The molecule has 1 aliphatic rings. The fourth-order valence-electron chi connectivity index (χ4n) is 4.17. The summed E-state index contributed by atoms with van der Waals surface area (Å²) < 4.78 is 28.1. The molecule has 7 nitrogen and oxygen atoms in total. The van der Waals surface area contributed by atoms with Gasteiger partial charge in [-0.2, -0.15) is 0 Å². The molecule has 0 saturated carbocycles. The van der Waals surface area contributed by atoms with Crippen molar-refractivity contribution in [2.45, 2.75) is 37.0 Å². The summed E-state index contributed by atoms with van der Waals surface area (Å²) in [6, 6.07) is 21.0. The largest absolute Gasteiger partial charge is 0.384 e. The fourth-order valence-corrected chi connectivity index (χ4v) is 5.24. The van der Waals surface area contributed by atoms with Crippen LogP contribution in [0.5, 0.6) is 0 Å². The molecule has 0 aliphatic carbocycles. The quantitative estimate of drug-likeness (QED) is 0.349. The van der Waals surface area contributed by atoms with Gasteiger partial charge in [0.2, 0.25) is 5.91 Å². The Labute approximate surface area is 200 Å². The Bertz CT molecular complexity index is 1310. The van der Waals surface area contributed by atoms with Crippen LogP contribution in [0.4, 0.5) is 11.4 Å². The number of amides is 1. The number of fused-ring (bicyclic) bond motifs is 1. The average Bonchev–Trinajstić information content (AvgIpc) is 2.83. The molecule has 8 heteroatoms. The molecule has 1 atom stereocenters. The van der Waals surface area contributed by atoms with Crippen molar-refractivity contribution in [2.24, 2.45) is 5.73 Å². The molecule has 0 aromatic heterocycles. The van der Waals surface area contributed by atoms with E-state index in [4.69, 9.17) is 11.1 Å². The molecule has 0 fully saturated rings. The molecule has 1 unspecified atom stereocenters. The van der Waals surface area contributed by atoms with E-state index in [0.717, 1.165) is 23.2 Å². The van der Waals surface area contributed by atoms with E-state index in [1.54, 1.807) is 53.4 Å². The second-order valence-electron chi connectivity index (χ2n) is 8.54. The highest BCUT2D eigenvalue weighted by Gasteiger charge is 2.27. The number of carbonyl (C=O) groups is 1. The maximum atomic E-state index is 13.1. The van der Waals surface area contributed by atoms with Crippen molar-refractivity contribution >= 4 is 33.1 Å². The average molecular weight is 477 g/mol. The van der Waals surface area contributed by atoms with E-state index in [1.807, 2.05) is 24.3 Å². The number of amidine groups is 1. The molecular formula is C26H28N4O3S. The molecule has 0 radical (unpaired) electrons. The lowest BCUT2D eigenvalue weighted by atomic mass is 9.90. The number of nitrogens with two attached hydrogens (primary N) is 1. The molecule has 4 rings (SSSR count). The topological polar surface area (TPSA) is 116 Å². The van der Waals surface area contributed by atoms with Crippen LogP contribution in [0.3, 0.4) is 0 Å². The van der Waals surface area contributed by atoms with E-state index in [9.17, 15) is 13.2 Å². The molecule has 34 heavy (non-hydrogen) atoms. The Hall–Kier alpha value is -3.65. The van der Waals surface area contributed by atoms with Crippen molar-refractivity contribution < 1.29 is 13.2 Å². The second-order valence-corrected chi connectivity index (χ2v) is 10.2. The van der Waals surface area contributed by atoms with Gasteiger partial charge in [0.25, 0.3) is 10.0 Å². The number of benzene rings is 3. The molecule has 1 heterocycles. The Kier molecular flexibility index (Phi) is 6.70. The van der Waals surface area contributed by atoms with E-state index in [-0.39, 0.29) is 22.6 Å². The number of nitrogen functional groups attached to an aromatic ring is 1. The number of rotatable bonds is 7. The first kappa shape index (κ1) is 23.5. The Balaban J connectivity index is 1.49. The highest BCUT2D eigenvalue weighted by atomic mass is 32.2. The Morgan fingerprint density at radius 3 is 2.47 bits per heavy atom. The van der Waals surface area contributed by atoms with Crippen LogP contribution in [0.1, 0.15) is 42.4 Å². The third kappa shape index (κ3) is 5.12. The van der Waals surface area contributed by atoms with Crippen LogP contribution in [0.25, 0.3) is 0 Å². The van der Waals surface area contributed by atoms with Crippen LogP contribution < -0.4 is 15.4 Å². The summed E-state index contributed by atoms with van der Waals surface area (Å²) in [7, 11) is -3.69. The first-order valence-electron chi connectivity index (χ1n) is 11.2. The monoisotopic (exact) mass is 476 g/mol. The van der Waals surface area contributed by atoms with E-state index in [2.05, 4.69) is 11.6 Å². The van der Waals surface area contributed by atoms with Gasteiger partial charge in [-0.1, -0.05) is 49.4 Å². The number of aryl methyl sites for hydroxylation is 1. The SMILES string of the molecule is CC1CCN(C(=O)CCc2ccc(C(=N)N)cc2)c2ccc(NS(=O)(=O)c3ccccc3)cc21. The normalized spacial score (nSPS) is 15.4. The molecule has 3 aromatic carbocycles.